The van der Waals surface area contributed by atoms with Gasteiger partial charge in [0.15, 0.2) is 0 Å². The predicted octanol–water partition coefficient (Wildman–Crippen LogP) is 3.42. The molecule has 1 aliphatic heterocycles. The number of benzene rings is 2. The van der Waals surface area contributed by atoms with Crippen molar-refractivity contribution in [2.24, 2.45) is 0 Å². The average molecular weight is 494 g/mol. The number of rotatable bonds is 6. The number of H-pyrrole nitrogens is 1. The van der Waals surface area contributed by atoms with Crippen LogP contribution in [-0.2, 0) is 34.3 Å². The van der Waals surface area contributed by atoms with E-state index in [1.54, 1.807) is 0 Å². The van der Waals surface area contributed by atoms with Gasteiger partial charge < -0.3 is 10.1 Å². The zero-order valence-electron chi connectivity index (χ0n) is 17.6. The fourth-order valence-corrected chi connectivity index (χ4v) is 4.37. The lowest BCUT2D eigenvalue weighted by Crippen LogP contribution is -2.35. The van der Waals surface area contributed by atoms with E-state index in [-0.39, 0.29) is 16.5 Å². The van der Waals surface area contributed by atoms with E-state index in [2.05, 4.69) is 20.2 Å². The van der Waals surface area contributed by atoms with Crippen LogP contribution in [0.5, 0.6) is 0 Å². The smallest absolute Gasteiger partial charge is 0.326 e. The standard InChI is InChI=1S/C21H21ClFN5O4S/c1-24-33(30,31)15-5-3-14(4-6-15)28(11-19-16-8-9-32-12-20(16)27-26-19)21(29)25-13-2-7-18(23)17(22)10-13/h2-7,10,24H,8-9,11-12H2,1H3,(H,25,29)(H,26,27). The molecule has 33 heavy (non-hydrogen) atoms. The summed E-state index contributed by atoms with van der Waals surface area (Å²) in [6, 6.07) is 9.22. The fourth-order valence-electron chi connectivity index (χ4n) is 3.46. The second-order valence-corrected chi connectivity index (χ2v) is 9.57. The molecule has 0 unspecified atom stereocenters. The van der Waals surface area contributed by atoms with Crippen LogP contribution < -0.4 is 14.9 Å². The first-order chi connectivity index (χ1) is 15.8. The number of fused-ring (bicyclic) bond motifs is 1. The second kappa shape index (κ2) is 9.48. The Morgan fingerprint density at radius 1 is 1.27 bits per heavy atom. The van der Waals surface area contributed by atoms with Gasteiger partial charge in [-0.25, -0.2) is 22.3 Å². The van der Waals surface area contributed by atoms with Gasteiger partial charge in [0, 0.05) is 16.9 Å². The van der Waals surface area contributed by atoms with Crippen molar-refractivity contribution in [1.29, 1.82) is 0 Å². The fraction of sp³-hybridized carbons (Fsp3) is 0.238. The van der Waals surface area contributed by atoms with E-state index in [0.717, 1.165) is 17.3 Å². The summed E-state index contributed by atoms with van der Waals surface area (Å²) in [5.74, 6) is -0.599. The van der Waals surface area contributed by atoms with E-state index < -0.39 is 21.9 Å². The third kappa shape index (κ3) is 5.01. The molecule has 12 heteroatoms. The number of nitrogens with zero attached hydrogens (tertiary/aromatic N) is 2. The normalized spacial score (nSPS) is 13.4. The van der Waals surface area contributed by atoms with Crippen molar-refractivity contribution in [1.82, 2.24) is 14.9 Å². The van der Waals surface area contributed by atoms with Crippen LogP contribution in [-0.4, -0.2) is 38.3 Å². The van der Waals surface area contributed by atoms with Crippen molar-refractivity contribution < 1.29 is 22.3 Å². The number of amides is 2. The number of anilines is 2. The second-order valence-electron chi connectivity index (χ2n) is 7.28. The van der Waals surface area contributed by atoms with E-state index in [1.165, 1.54) is 48.3 Å². The lowest BCUT2D eigenvalue weighted by atomic mass is 10.1. The third-order valence-corrected chi connectivity index (χ3v) is 6.95. The Morgan fingerprint density at radius 3 is 2.73 bits per heavy atom. The highest BCUT2D eigenvalue weighted by Crippen LogP contribution is 2.26. The highest BCUT2D eigenvalue weighted by Gasteiger charge is 2.24. The van der Waals surface area contributed by atoms with Gasteiger partial charge in [0.05, 0.1) is 41.1 Å². The van der Waals surface area contributed by atoms with E-state index in [9.17, 15) is 17.6 Å². The number of aromatic amines is 1. The Bertz CT molecular complexity index is 1280. The number of nitrogens with one attached hydrogen (secondary N) is 3. The number of hydrogen-bond donors (Lipinski definition) is 3. The van der Waals surface area contributed by atoms with Crippen molar-refractivity contribution in [2.45, 2.75) is 24.5 Å². The molecular formula is C21H21ClFN5O4S. The Hall–Kier alpha value is -2.99. The topological polar surface area (TPSA) is 116 Å². The maximum atomic E-state index is 13.5. The first-order valence-corrected chi connectivity index (χ1v) is 11.8. The molecule has 0 spiro atoms. The molecule has 0 saturated carbocycles. The van der Waals surface area contributed by atoms with Crippen molar-refractivity contribution in [3.63, 3.8) is 0 Å². The van der Waals surface area contributed by atoms with Crippen molar-refractivity contribution in [3.8, 4) is 0 Å². The minimum Gasteiger partial charge on any atom is -0.375 e. The van der Waals surface area contributed by atoms with Crippen molar-refractivity contribution in [3.05, 3.63) is 70.3 Å². The summed E-state index contributed by atoms with van der Waals surface area (Å²) < 4.78 is 45.3. The Morgan fingerprint density at radius 2 is 2.03 bits per heavy atom. The lowest BCUT2D eigenvalue weighted by Gasteiger charge is -2.24. The summed E-state index contributed by atoms with van der Waals surface area (Å²) in [6.07, 6.45) is 0.656. The molecule has 2 heterocycles. The molecule has 1 aliphatic rings. The molecule has 9 nitrogen and oxygen atoms in total. The van der Waals surface area contributed by atoms with Gasteiger partial charge in [0.1, 0.15) is 5.82 Å². The number of aromatic nitrogens is 2. The number of halogens is 2. The van der Waals surface area contributed by atoms with E-state index in [1.807, 2.05) is 0 Å². The number of urea groups is 1. The zero-order valence-corrected chi connectivity index (χ0v) is 19.1. The summed E-state index contributed by atoms with van der Waals surface area (Å²) in [7, 11) is -2.31. The largest absolute Gasteiger partial charge is 0.375 e. The van der Waals surface area contributed by atoms with Gasteiger partial charge in [-0.05, 0) is 55.9 Å². The van der Waals surface area contributed by atoms with Crippen LogP contribution in [0.25, 0.3) is 0 Å². The third-order valence-electron chi connectivity index (χ3n) is 5.23. The molecule has 174 valence electrons. The lowest BCUT2D eigenvalue weighted by molar-refractivity contribution is 0.108. The minimum atomic E-state index is -3.63. The number of carbonyl (C=O) groups is 1. The molecule has 0 atom stereocenters. The summed E-state index contributed by atoms with van der Waals surface area (Å²) in [6.45, 7) is 1.08. The molecule has 2 aromatic carbocycles. The van der Waals surface area contributed by atoms with Gasteiger partial charge in [0.25, 0.3) is 0 Å². The number of ether oxygens (including phenoxy) is 1. The average Bonchev–Trinajstić information content (AvgIpc) is 3.23. The van der Waals surface area contributed by atoms with Crippen LogP contribution in [0.1, 0.15) is 17.0 Å². The molecule has 0 aliphatic carbocycles. The molecular weight excluding hydrogens is 473 g/mol. The monoisotopic (exact) mass is 493 g/mol. The van der Waals surface area contributed by atoms with Crippen molar-refractivity contribution >= 4 is 39.0 Å². The zero-order chi connectivity index (χ0) is 23.6. The number of sulfonamides is 1. The molecule has 0 fully saturated rings. The summed E-state index contributed by atoms with van der Waals surface area (Å²) in [5, 5.41) is 9.86. The van der Waals surface area contributed by atoms with Crippen LogP contribution in [0.2, 0.25) is 5.02 Å². The first kappa shape index (κ1) is 23.2. The van der Waals surface area contributed by atoms with Gasteiger partial charge in [-0.3, -0.25) is 10.00 Å². The van der Waals surface area contributed by atoms with Crippen molar-refractivity contribution in [2.75, 3.05) is 23.9 Å². The van der Waals surface area contributed by atoms with Crippen LogP contribution in [0.15, 0.2) is 47.4 Å². The van der Waals surface area contributed by atoms with Gasteiger partial charge >= 0.3 is 6.03 Å². The molecule has 0 radical (unpaired) electrons. The van der Waals surface area contributed by atoms with Crippen LogP contribution >= 0.6 is 11.6 Å². The maximum absolute atomic E-state index is 13.5. The maximum Gasteiger partial charge on any atom is 0.326 e. The van der Waals surface area contributed by atoms with Gasteiger partial charge in [-0.1, -0.05) is 11.6 Å². The summed E-state index contributed by atoms with van der Waals surface area (Å²) >= 11 is 5.83. The Kier molecular flexibility index (Phi) is 6.66. The Labute approximate surface area is 194 Å². The van der Waals surface area contributed by atoms with Gasteiger partial charge in [-0.15, -0.1) is 0 Å². The highest BCUT2D eigenvalue weighted by atomic mass is 35.5. The van der Waals surface area contributed by atoms with Crippen LogP contribution in [0.4, 0.5) is 20.6 Å². The van der Waals surface area contributed by atoms with E-state index in [0.29, 0.717) is 36.7 Å². The van der Waals surface area contributed by atoms with Crippen LogP contribution in [0.3, 0.4) is 0 Å². The van der Waals surface area contributed by atoms with Gasteiger partial charge in [0.2, 0.25) is 10.0 Å². The molecule has 2 amide bonds. The first-order valence-electron chi connectivity index (χ1n) is 9.98. The number of hydrogen-bond acceptors (Lipinski definition) is 5. The van der Waals surface area contributed by atoms with E-state index in [4.69, 9.17) is 16.3 Å². The number of carbonyl (C=O) groups excluding carboxylic acids is 1. The van der Waals surface area contributed by atoms with Crippen LogP contribution in [0, 0.1) is 5.82 Å². The summed E-state index contributed by atoms with van der Waals surface area (Å²) in [5.41, 5.74) is 3.27. The molecule has 1 aromatic heterocycles. The Balaban J connectivity index is 1.66. The van der Waals surface area contributed by atoms with E-state index >= 15 is 0 Å². The van der Waals surface area contributed by atoms with Gasteiger partial charge in [-0.2, -0.15) is 5.10 Å². The summed E-state index contributed by atoms with van der Waals surface area (Å²) in [4.78, 5) is 14.7. The predicted molar refractivity (Wildman–Crippen MR) is 121 cm³/mol. The highest BCUT2D eigenvalue weighted by molar-refractivity contribution is 7.89. The SMILES string of the molecule is CNS(=O)(=O)c1ccc(N(Cc2n[nH]c3c2CCOC3)C(=O)Nc2ccc(F)c(Cl)c2)cc1. The quantitative estimate of drug-likeness (QED) is 0.486. The molecule has 3 aromatic rings. The molecule has 0 bridgehead atoms. The minimum absolute atomic E-state index is 0.0636. The molecule has 4 rings (SSSR count). The molecule has 3 N–H and O–H groups in total. The molecule has 0 saturated heterocycles.